The van der Waals surface area contributed by atoms with E-state index in [2.05, 4.69) is 56.9 Å². The Hall–Kier alpha value is -0.629. The van der Waals surface area contributed by atoms with E-state index in [1.54, 1.807) is 17.2 Å². The molecule has 0 nitrogen and oxygen atoms in total. The third-order valence-electron chi connectivity index (χ3n) is 3.20. The molecule has 0 aliphatic heterocycles. The Morgan fingerprint density at radius 3 is 2.32 bits per heavy atom. The van der Waals surface area contributed by atoms with Crippen LogP contribution in [0.1, 0.15) is 30.5 Å². The van der Waals surface area contributed by atoms with Crippen molar-refractivity contribution in [2.45, 2.75) is 32.5 Å². The van der Waals surface area contributed by atoms with Gasteiger partial charge in [-0.3, -0.25) is 0 Å². The summed E-state index contributed by atoms with van der Waals surface area (Å²) >= 11 is 0. The summed E-state index contributed by atoms with van der Waals surface area (Å²) in [6.07, 6.45) is 7.93. The second-order valence-electron chi connectivity index (χ2n) is 5.00. The van der Waals surface area contributed by atoms with Crippen LogP contribution in [0.15, 0.2) is 54.6 Å². The molecule has 0 N–H and O–H groups in total. The zero-order valence-electron chi connectivity index (χ0n) is 12.5. The van der Waals surface area contributed by atoms with Crippen LogP contribution in [0.4, 0.5) is 0 Å². The molecule has 1 atom stereocenters. The average Bonchev–Trinajstić information content (AvgIpc) is 2.66. The van der Waals surface area contributed by atoms with Crippen LogP contribution in [0, 0.1) is 0 Å². The Balaban J connectivity index is 0.000000471. The summed E-state index contributed by atoms with van der Waals surface area (Å²) in [5.41, 5.74) is 5.38. The van der Waals surface area contributed by atoms with Crippen LogP contribution in [0.25, 0.3) is 6.08 Å². The smallest absolute Gasteiger partial charge is 0.0439 e. The second-order valence-corrected chi connectivity index (χ2v) is 8.16. The van der Waals surface area contributed by atoms with Crippen molar-refractivity contribution in [3.63, 3.8) is 0 Å². The van der Waals surface area contributed by atoms with E-state index in [1.807, 2.05) is 19.1 Å². The summed E-state index contributed by atoms with van der Waals surface area (Å²) in [5, 5.41) is 0. The summed E-state index contributed by atoms with van der Waals surface area (Å²) < 4.78 is 0. The predicted molar refractivity (Wildman–Crippen MR) is 86.7 cm³/mol. The molecule has 0 spiro atoms. The van der Waals surface area contributed by atoms with Crippen molar-refractivity contribution < 1.29 is 21.7 Å². The Kier molecular flexibility index (Phi) is 8.99. The minimum Gasteiger partial charge on any atom is -0.0991 e. The summed E-state index contributed by atoms with van der Waals surface area (Å²) in [5.74, 6) is 0. The summed E-state index contributed by atoms with van der Waals surface area (Å²) in [6, 6.07) is 8.82. The SMILES string of the molecule is C=CC=CC.CC1=Cc2ccccc2C1[SiH](C)C.[Ti]. The average molecular weight is 304 g/mol. The van der Waals surface area contributed by atoms with Gasteiger partial charge in [-0.2, -0.15) is 0 Å². The molecule has 0 heterocycles. The first-order chi connectivity index (χ1) is 8.61. The Morgan fingerprint density at radius 1 is 1.21 bits per heavy atom. The van der Waals surface area contributed by atoms with Gasteiger partial charge < -0.3 is 0 Å². The molecule has 0 saturated heterocycles. The molecular formula is C17H24SiTi. The van der Waals surface area contributed by atoms with E-state index in [0.29, 0.717) is 0 Å². The zero-order chi connectivity index (χ0) is 13.5. The maximum absolute atomic E-state index is 3.46. The quantitative estimate of drug-likeness (QED) is 0.535. The van der Waals surface area contributed by atoms with Gasteiger partial charge >= 0.3 is 0 Å². The van der Waals surface area contributed by atoms with Gasteiger partial charge in [-0.15, -0.1) is 0 Å². The van der Waals surface area contributed by atoms with Crippen LogP contribution in [-0.2, 0) is 21.7 Å². The van der Waals surface area contributed by atoms with E-state index in [1.165, 1.54) is 5.56 Å². The number of fused-ring (bicyclic) bond motifs is 1. The van der Waals surface area contributed by atoms with Gasteiger partial charge in [-0.1, -0.05) is 73.8 Å². The maximum atomic E-state index is 3.46. The molecule has 0 radical (unpaired) electrons. The normalized spacial score (nSPS) is 16.3. The minimum absolute atomic E-state index is 0. The number of hydrogen-bond donors (Lipinski definition) is 0. The topological polar surface area (TPSA) is 0 Å². The molecule has 1 aliphatic rings. The van der Waals surface area contributed by atoms with Crippen molar-refractivity contribution >= 4 is 14.9 Å². The van der Waals surface area contributed by atoms with Crippen LogP contribution in [-0.4, -0.2) is 8.80 Å². The third kappa shape index (κ3) is 5.10. The van der Waals surface area contributed by atoms with Gasteiger partial charge in [0.25, 0.3) is 0 Å². The Morgan fingerprint density at radius 2 is 1.84 bits per heavy atom. The van der Waals surface area contributed by atoms with Crippen LogP contribution < -0.4 is 0 Å². The molecule has 0 saturated carbocycles. The molecule has 2 heteroatoms. The molecule has 0 amide bonds. The van der Waals surface area contributed by atoms with Gasteiger partial charge in [0.1, 0.15) is 0 Å². The van der Waals surface area contributed by atoms with Crippen LogP contribution in [0.5, 0.6) is 0 Å². The number of rotatable bonds is 2. The first-order valence-corrected chi connectivity index (χ1v) is 9.60. The van der Waals surface area contributed by atoms with Crippen molar-refractivity contribution in [3.8, 4) is 0 Å². The number of allylic oxidation sites excluding steroid dienone is 4. The first-order valence-electron chi connectivity index (χ1n) is 6.62. The largest absolute Gasteiger partial charge is 0.0991 e. The van der Waals surface area contributed by atoms with Gasteiger partial charge in [-0.05, 0) is 30.5 Å². The standard InChI is InChI=1S/C12H16Si.C5H8.Ti/c1-9-8-10-6-4-5-7-11(10)12(9)13(2)3;1-3-5-4-2;/h4-8,12-13H,1-3H3;3-5H,1H2,2H3;. The molecular weight excluding hydrogens is 280 g/mol. The van der Waals surface area contributed by atoms with Crippen LogP contribution >= 0.6 is 0 Å². The molecule has 0 aromatic heterocycles. The Bertz CT molecular complexity index is 458. The summed E-state index contributed by atoms with van der Waals surface area (Å²) in [7, 11) is -0.586. The number of benzene rings is 1. The van der Waals surface area contributed by atoms with Gasteiger partial charge in [-0.25, -0.2) is 0 Å². The number of hydrogen-bond acceptors (Lipinski definition) is 0. The van der Waals surface area contributed by atoms with E-state index >= 15 is 0 Å². The van der Waals surface area contributed by atoms with Crippen LogP contribution in [0.3, 0.4) is 0 Å². The predicted octanol–water partition coefficient (Wildman–Crippen LogP) is 4.96. The molecule has 1 unspecified atom stereocenters. The van der Waals surface area contributed by atoms with Gasteiger partial charge in [0.05, 0.1) is 0 Å². The second kappa shape index (κ2) is 9.30. The zero-order valence-corrected chi connectivity index (χ0v) is 15.2. The summed E-state index contributed by atoms with van der Waals surface area (Å²) in [6.45, 7) is 12.6. The Labute approximate surface area is 134 Å². The van der Waals surface area contributed by atoms with Gasteiger partial charge in [0.2, 0.25) is 0 Å². The molecule has 100 valence electrons. The van der Waals surface area contributed by atoms with Crippen molar-refractivity contribution in [2.75, 3.05) is 0 Å². The van der Waals surface area contributed by atoms with Crippen LogP contribution in [0.2, 0.25) is 13.1 Å². The molecule has 1 aromatic rings. The fourth-order valence-corrected chi connectivity index (χ4v) is 4.70. The molecule has 2 rings (SSSR count). The molecule has 19 heavy (non-hydrogen) atoms. The molecule has 0 fully saturated rings. The fourth-order valence-electron chi connectivity index (χ4n) is 2.53. The summed E-state index contributed by atoms with van der Waals surface area (Å²) in [4.78, 5) is 0. The van der Waals surface area contributed by atoms with Crippen molar-refractivity contribution in [1.82, 2.24) is 0 Å². The maximum Gasteiger partial charge on any atom is 0.0439 e. The molecule has 0 bridgehead atoms. The molecule has 1 aliphatic carbocycles. The van der Waals surface area contributed by atoms with Crippen molar-refractivity contribution in [2.24, 2.45) is 0 Å². The van der Waals surface area contributed by atoms with Gasteiger partial charge in [0.15, 0.2) is 0 Å². The fraction of sp³-hybridized carbons (Fsp3) is 0.294. The third-order valence-corrected chi connectivity index (χ3v) is 5.42. The van der Waals surface area contributed by atoms with Crippen molar-refractivity contribution in [3.05, 3.63) is 65.8 Å². The van der Waals surface area contributed by atoms with E-state index < -0.39 is 8.80 Å². The van der Waals surface area contributed by atoms with E-state index in [0.717, 1.165) is 5.54 Å². The first kappa shape index (κ1) is 18.4. The van der Waals surface area contributed by atoms with E-state index in [-0.39, 0.29) is 21.7 Å². The minimum atomic E-state index is -0.586. The van der Waals surface area contributed by atoms with Gasteiger partial charge in [0, 0.05) is 30.5 Å². The van der Waals surface area contributed by atoms with Crippen molar-refractivity contribution in [1.29, 1.82) is 0 Å². The molecule has 1 aromatic carbocycles. The van der Waals surface area contributed by atoms with E-state index in [9.17, 15) is 0 Å². The monoisotopic (exact) mass is 304 g/mol. The van der Waals surface area contributed by atoms with E-state index in [4.69, 9.17) is 0 Å².